The molecule has 318 valence electrons. The zero-order valence-corrected chi connectivity index (χ0v) is 37.0. The lowest BCUT2D eigenvalue weighted by Gasteiger charge is -2.42. The quantitative estimate of drug-likeness (QED) is 0.153. The first-order valence-electron chi connectivity index (χ1n) is 23.3. The SMILES string of the molecule is c1ccc(-c2cc(-c3ccc(-c4ccc5c(c4)C4c6ccccc6C5c5cc(-c6ccc(-c7cc(-c8ccccc8)nc(-c8ccccc8)n7)cc6)ccc54)cc3)nc(-c3ccccc3)n2)cc1. The molecule has 4 nitrogen and oxygen atoms in total. The van der Waals surface area contributed by atoms with Gasteiger partial charge in [0.25, 0.3) is 0 Å². The Kier molecular flexibility index (Phi) is 9.61. The fourth-order valence-electron chi connectivity index (χ4n) is 10.4. The third-order valence-electron chi connectivity index (χ3n) is 13.7. The van der Waals surface area contributed by atoms with Gasteiger partial charge in [-0.3, -0.25) is 0 Å². The molecule has 9 aromatic carbocycles. The zero-order valence-electron chi connectivity index (χ0n) is 37.0. The van der Waals surface area contributed by atoms with E-state index in [4.69, 9.17) is 19.9 Å². The van der Waals surface area contributed by atoms with Crippen LogP contribution in [0.1, 0.15) is 45.2 Å². The summed E-state index contributed by atoms with van der Waals surface area (Å²) in [4.78, 5) is 20.1. The number of hydrogen-bond acceptors (Lipinski definition) is 4. The van der Waals surface area contributed by atoms with Crippen LogP contribution in [0.25, 0.3) is 90.1 Å². The van der Waals surface area contributed by atoms with E-state index in [9.17, 15) is 0 Å². The monoisotopic (exact) mass is 866 g/mol. The number of aromatic nitrogens is 4. The maximum Gasteiger partial charge on any atom is 0.160 e. The summed E-state index contributed by atoms with van der Waals surface area (Å²) in [5.41, 5.74) is 23.0. The fraction of sp³-hybridized carbons (Fsp3) is 0.0312. The molecule has 0 spiro atoms. The highest BCUT2D eigenvalue weighted by Gasteiger charge is 2.41. The highest BCUT2D eigenvalue weighted by atomic mass is 14.9. The lowest BCUT2D eigenvalue weighted by molar-refractivity contribution is 0.755. The molecular weight excluding hydrogens is 825 g/mol. The van der Waals surface area contributed by atoms with Crippen LogP contribution in [0.5, 0.6) is 0 Å². The van der Waals surface area contributed by atoms with E-state index < -0.39 is 0 Å². The second-order valence-corrected chi connectivity index (χ2v) is 17.7. The molecular formula is C64H42N4. The van der Waals surface area contributed by atoms with E-state index in [2.05, 4.69) is 194 Å². The van der Waals surface area contributed by atoms with E-state index >= 15 is 0 Å². The Morgan fingerprint density at radius 1 is 0.191 bits per heavy atom. The van der Waals surface area contributed by atoms with Gasteiger partial charge in [0.1, 0.15) is 0 Å². The predicted molar refractivity (Wildman–Crippen MR) is 276 cm³/mol. The normalized spacial score (nSPS) is 14.2. The minimum Gasteiger partial charge on any atom is -0.228 e. The van der Waals surface area contributed by atoms with E-state index in [0.717, 1.165) is 67.8 Å². The van der Waals surface area contributed by atoms with Crippen molar-refractivity contribution >= 4 is 0 Å². The Balaban J connectivity index is 0.821. The molecule has 2 bridgehead atoms. The summed E-state index contributed by atoms with van der Waals surface area (Å²) in [5.74, 6) is 1.74. The summed E-state index contributed by atoms with van der Waals surface area (Å²) in [7, 11) is 0. The van der Waals surface area contributed by atoms with Gasteiger partial charge in [-0.25, -0.2) is 19.9 Å². The summed E-state index contributed by atoms with van der Waals surface area (Å²) in [5, 5.41) is 0. The Labute approximate surface area is 396 Å². The molecule has 2 aromatic heterocycles. The van der Waals surface area contributed by atoms with Crippen LogP contribution in [0, 0.1) is 0 Å². The summed E-state index contributed by atoms with van der Waals surface area (Å²) >= 11 is 0. The van der Waals surface area contributed by atoms with E-state index in [-0.39, 0.29) is 11.8 Å². The molecule has 0 saturated heterocycles. The van der Waals surface area contributed by atoms with E-state index in [1.165, 1.54) is 55.6 Å². The van der Waals surface area contributed by atoms with Crippen molar-refractivity contribution in [2.24, 2.45) is 0 Å². The first-order chi connectivity index (χ1) is 33.7. The van der Waals surface area contributed by atoms with Gasteiger partial charge in [-0.2, -0.15) is 0 Å². The minimum atomic E-state index is 0.154. The Hall–Kier alpha value is -8.86. The summed E-state index contributed by atoms with van der Waals surface area (Å²) in [6, 6.07) is 86.4. The predicted octanol–water partition coefficient (Wildman–Crippen LogP) is 15.6. The van der Waals surface area contributed by atoms with Crippen molar-refractivity contribution in [3.8, 4) is 90.1 Å². The molecule has 0 saturated carbocycles. The van der Waals surface area contributed by atoms with Crippen LogP contribution in [-0.4, -0.2) is 19.9 Å². The molecule has 2 unspecified atom stereocenters. The second kappa shape index (κ2) is 16.5. The average molecular weight is 867 g/mol. The first-order valence-corrected chi connectivity index (χ1v) is 23.3. The molecule has 11 aromatic rings. The standard InChI is InChI=1S/C64H42N4/c1-5-15-43(16-6-1)57-39-59(67-63(65-57)47-19-9-3-10-20-47)45-29-25-41(26-30-45)49-33-35-53-55(37-49)61-51-23-13-14-24-52(51)62(53)56-38-50(34-36-54(56)61)42-27-31-46(32-28-42)60-40-58(44-17-7-2-8-18-44)66-64(68-60)48-21-11-4-12-22-48/h1-40,61-62H. The van der Waals surface area contributed by atoms with Crippen LogP contribution in [0.4, 0.5) is 0 Å². The van der Waals surface area contributed by atoms with Gasteiger partial charge in [0.2, 0.25) is 0 Å². The second-order valence-electron chi connectivity index (χ2n) is 17.7. The number of hydrogen-bond donors (Lipinski definition) is 0. The summed E-state index contributed by atoms with van der Waals surface area (Å²) in [6.07, 6.45) is 0. The van der Waals surface area contributed by atoms with Gasteiger partial charge in [0.15, 0.2) is 11.6 Å². The van der Waals surface area contributed by atoms with Gasteiger partial charge in [0.05, 0.1) is 22.8 Å². The Bertz CT molecular complexity index is 3290. The molecule has 68 heavy (non-hydrogen) atoms. The van der Waals surface area contributed by atoms with Crippen molar-refractivity contribution in [2.75, 3.05) is 0 Å². The van der Waals surface area contributed by atoms with E-state index in [0.29, 0.717) is 0 Å². The minimum absolute atomic E-state index is 0.154. The molecule has 0 radical (unpaired) electrons. The number of rotatable bonds is 8. The third kappa shape index (κ3) is 7.02. The Morgan fingerprint density at radius 2 is 0.456 bits per heavy atom. The van der Waals surface area contributed by atoms with Crippen molar-refractivity contribution in [3.05, 3.63) is 276 Å². The lowest BCUT2D eigenvalue weighted by Crippen LogP contribution is -2.27. The van der Waals surface area contributed by atoms with Crippen LogP contribution >= 0.6 is 0 Å². The van der Waals surface area contributed by atoms with Gasteiger partial charge >= 0.3 is 0 Å². The van der Waals surface area contributed by atoms with Crippen molar-refractivity contribution in [2.45, 2.75) is 11.8 Å². The zero-order chi connectivity index (χ0) is 45.0. The van der Waals surface area contributed by atoms with E-state index in [1.807, 2.05) is 48.5 Å². The molecule has 2 heterocycles. The smallest absolute Gasteiger partial charge is 0.160 e. The van der Waals surface area contributed by atoms with Crippen LogP contribution in [-0.2, 0) is 0 Å². The topological polar surface area (TPSA) is 51.6 Å². The molecule has 0 fully saturated rings. The molecule has 3 aliphatic rings. The molecule has 0 amide bonds. The van der Waals surface area contributed by atoms with Crippen molar-refractivity contribution in [1.29, 1.82) is 0 Å². The summed E-state index contributed by atoms with van der Waals surface area (Å²) in [6.45, 7) is 0. The largest absolute Gasteiger partial charge is 0.228 e. The lowest BCUT2D eigenvalue weighted by atomic mass is 9.60. The molecule has 0 N–H and O–H groups in total. The van der Waals surface area contributed by atoms with Crippen LogP contribution < -0.4 is 0 Å². The molecule has 3 aliphatic carbocycles. The molecule has 0 aliphatic heterocycles. The van der Waals surface area contributed by atoms with E-state index in [1.54, 1.807) is 0 Å². The van der Waals surface area contributed by atoms with Crippen LogP contribution in [0.3, 0.4) is 0 Å². The molecule has 14 rings (SSSR count). The molecule has 2 atom stereocenters. The number of nitrogens with zero attached hydrogens (tertiary/aromatic N) is 4. The van der Waals surface area contributed by atoms with Crippen molar-refractivity contribution in [3.63, 3.8) is 0 Å². The average Bonchev–Trinajstić information content (AvgIpc) is 3.43. The van der Waals surface area contributed by atoms with Gasteiger partial charge in [-0.15, -0.1) is 0 Å². The van der Waals surface area contributed by atoms with Gasteiger partial charge in [0, 0.05) is 45.2 Å². The number of benzene rings is 9. The van der Waals surface area contributed by atoms with Crippen LogP contribution in [0.2, 0.25) is 0 Å². The highest BCUT2D eigenvalue weighted by Crippen LogP contribution is 2.56. The maximum atomic E-state index is 5.08. The first kappa shape index (κ1) is 39.5. The van der Waals surface area contributed by atoms with Gasteiger partial charge < -0.3 is 0 Å². The third-order valence-corrected chi connectivity index (χ3v) is 13.7. The van der Waals surface area contributed by atoms with Crippen molar-refractivity contribution in [1.82, 2.24) is 19.9 Å². The Morgan fingerprint density at radius 3 is 0.809 bits per heavy atom. The van der Waals surface area contributed by atoms with Crippen molar-refractivity contribution < 1.29 is 0 Å². The molecule has 4 heteroatoms. The van der Waals surface area contributed by atoms with Gasteiger partial charge in [-0.05, 0) is 79.9 Å². The fourth-order valence-corrected chi connectivity index (χ4v) is 10.4. The van der Waals surface area contributed by atoms with Gasteiger partial charge in [-0.1, -0.05) is 218 Å². The van der Waals surface area contributed by atoms with Crippen LogP contribution in [0.15, 0.2) is 243 Å². The summed E-state index contributed by atoms with van der Waals surface area (Å²) < 4.78 is 0. The maximum absolute atomic E-state index is 5.08. The highest BCUT2D eigenvalue weighted by molar-refractivity contribution is 5.79.